The SMILES string of the molecule is COc1cccc(CCNCc2cccc(C(F)(F)F)c2)c1.O=C(O)C(=O)O. The lowest BCUT2D eigenvalue weighted by molar-refractivity contribution is -0.159. The molecule has 0 radical (unpaired) electrons. The average molecular weight is 399 g/mol. The van der Waals surface area contributed by atoms with Crippen LogP contribution < -0.4 is 10.1 Å². The van der Waals surface area contributed by atoms with Gasteiger partial charge in [-0.1, -0.05) is 30.3 Å². The van der Waals surface area contributed by atoms with Crippen LogP contribution in [0.3, 0.4) is 0 Å². The van der Waals surface area contributed by atoms with Gasteiger partial charge in [0.2, 0.25) is 0 Å². The molecule has 28 heavy (non-hydrogen) atoms. The zero-order valence-electron chi connectivity index (χ0n) is 15.0. The van der Waals surface area contributed by atoms with Crippen LogP contribution in [0.15, 0.2) is 48.5 Å². The van der Waals surface area contributed by atoms with E-state index >= 15 is 0 Å². The maximum Gasteiger partial charge on any atom is 0.416 e. The molecule has 9 heteroatoms. The normalized spacial score (nSPS) is 10.6. The highest BCUT2D eigenvalue weighted by molar-refractivity contribution is 6.27. The smallest absolute Gasteiger partial charge is 0.416 e. The van der Waals surface area contributed by atoms with Crippen molar-refractivity contribution in [1.29, 1.82) is 0 Å². The van der Waals surface area contributed by atoms with Gasteiger partial charge in [-0.3, -0.25) is 0 Å². The van der Waals surface area contributed by atoms with E-state index in [1.807, 2.05) is 24.3 Å². The first-order valence-electron chi connectivity index (χ1n) is 8.09. The number of carbonyl (C=O) groups is 2. The second kappa shape index (κ2) is 10.9. The molecular formula is C19H20F3NO5. The molecule has 0 atom stereocenters. The fourth-order valence-corrected chi connectivity index (χ4v) is 2.15. The van der Waals surface area contributed by atoms with Crippen LogP contribution in [-0.2, 0) is 28.7 Å². The largest absolute Gasteiger partial charge is 0.497 e. The number of carboxylic acids is 2. The molecule has 6 nitrogen and oxygen atoms in total. The number of aliphatic carboxylic acids is 2. The van der Waals surface area contributed by atoms with Gasteiger partial charge in [-0.15, -0.1) is 0 Å². The van der Waals surface area contributed by atoms with Crippen molar-refractivity contribution in [2.75, 3.05) is 13.7 Å². The average Bonchev–Trinajstić information content (AvgIpc) is 2.65. The number of carboxylic acid groups (broad SMARTS) is 2. The number of hydrogen-bond acceptors (Lipinski definition) is 4. The van der Waals surface area contributed by atoms with Crippen LogP contribution >= 0.6 is 0 Å². The van der Waals surface area contributed by atoms with Gasteiger partial charge in [0.05, 0.1) is 12.7 Å². The lowest BCUT2D eigenvalue weighted by Gasteiger charge is -2.10. The predicted octanol–water partition coefficient (Wildman–Crippen LogP) is 3.20. The molecule has 0 amide bonds. The third-order valence-corrected chi connectivity index (χ3v) is 3.49. The van der Waals surface area contributed by atoms with Gasteiger partial charge in [0, 0.05) is 6.54 Å². The van der Waals surface area contributed by atoms with Gasteiger partial charge < -0.3 is 20.3 Å². The Bertz CT molecular complexity index is 781. The van der Waals surface area contributed by atoms with E-state index < -0.39 is 23.7 Å². The molecular weight excluding hydrogens is 379 g/mol. The van der Waals surface area contributed by atoms with Crippen molar-refractivity contribution in [3.63, 3.8) is 0 Å². The molecule has 0 heterocycles. The number of hydrogen-bond donors (Lipinski definition) is 3. The number of rotatable bonds is 6. The first-order valence-corrected chi connectivity index (χ1v) is 8.09. The molecule has 2 rings (SSSR count). The molecule has 0 aromatic heterocycles. The Hall–Kier alpha value is -3.07. The Morgan fingerprint density at radius 3 is 2.18 bits per heavy atom. The maximum absolute atomic E-state index is 12.6. The molecule has 2 aromatic carbocycles. The van der Waals surface area contributed by atoms with E-state index in [0.29, 0.717) is 18.7 Å². The number of halogens is 3. The number of nitrogens with one attached hydrogen (secondary N) is 1. The van der Waals surface area contributed by atoms with Crippen molar-refractivity contribution in [3.05, 3.63) is 65.2 Å². The zero-order chi connectivity index (χ0) is 21.2. The van der Waals surface area contributed by atoms with E-state index in [1.54, 1.807) is 13.2 Å². The van der Waals surface area contributed by atoms with E-state index in [2.05, 4.69) is 5.32 Å². The van der Waals surface area contributed by atoms with Crippen LogP contribution in [0.1, 0.15) is 16.7 Å². The summed E-state index contributed by atoms with van der Waals surface area (Å²) < 4.78 is 43.0. The Labute approximate surface area is 159 Å². The Morgan fingerprint density at radius 2 is 1.61 bits per heavy atom. The van der Waals surface area contributed by atoms with E-state index in [0.717, 1.165) is 23.8 Å². The zero-order valence-corrected chi connectivity index (χ0v) is 15.0. The van der Waals surface area contributed by atoms with Crippen molar-refractivity contribution in [1.82, 2.24) is 5.32 Å². The molecule has 0 unspecified atom stereocenters. The minimum absolute atomic E-state index is 0.411. The summed E-state index contributed by atoms with van der Waals surface area (Å²) in [5, 5.41) is 17.9. The van der Waals surface area contributed by atoms with Crippen molar-refractivity contribution in [2.24, 2.45) is 0 Å². The summed E-state index contributed by atoms with van der Waals surface area (Å²) in [6, 6.07) is 13.1. The minimum atomic E-state index is -4.30. The fourth-order valence-electron chi connectivity index (χ4n) is 2.15. The lowest BCUT2D eigenvalue weighted by atomic mass is 10.1. The Kier molecular flexibility index (Phi) is 8.97. The monoisotopic (exact) mass is 399 g/mol. The first kappa shape index (κ1) is 23.0. The molecule has 0 fully saturated rings. The molecule has 152 valence electrons. The molecule has 0 aliphatic heterocycles. The third-order valence-electron chi connectivity index (χ3n) is 3.49. The molecule has 0 aliphatic rings. The summed E-state index contributed by atoms with van der Waals surface area (Å²) >= 11 is 0. The van der Waals surface area contributed by atoms with Gasteiger partial charge in [0.1, 0.15) is 5.75 Å². The summed E-state index contributed by atoms with van der Waals surface area (Å²) in [7, 11) is 1.62. The van der Waals surface area contributed by atoms with Crippen molar-refractivity contribution in [3.8, 4) is 5.75 Å². The van der Waals surface area contributed by atoms with Gasteiger partial charge in [-0.25, -0.2) is 9.59 Å². The Balaban J connectivity index is 0.000000568. The lowest BCUT2D eigenvalue weighted by Crippen LogP contribution is -2.17. The standard InChI is InChI=1S/C17H18F3NO.C2H2O4/c1-22-16-7-3-4-13(11-16)8-9-21-12-14-5-2-6-15(10-14)17(18,19)20;3-1(4)2(5)6/h2-7,10-11,21H,8-9,12H2,1H3;(H,3,4)(H,5,6). The van der Waals surface area contributed by atoms with E-state index in [4.69, 9.17) is 24.5 Å². The third kappa shape index (κ3) is 8.54. The maximum atomic E-state index is 12.6. The van der Waals surface area contributed by atoms with Crippen LogP contribution in [-0.4, -0.2) is 35.8 Å². The highest BCUT2D eigenvalue weighted by Gasteiger charge is 2.30. The van der Waals surface area contributed by atoms with Crippen LogP contribution in [0.25, 0.3) is 0 Å². The van der Waals surface area contributed by atoms with Gasteiger partial charge in [-0.2, -0.15) is 13.2 Å². The first-order chi connectivity index (χ1) is 13.1. The summed E-state index contributed by atoms with van der Waals surface area (Å²) in [6.07, 6.45) is -3.51. The van der Waals surface area contributed by atoms with Crippen LogP contribution in [0.2, 0.25) is 0 Å². The number of alkyl halides is 3. The quantitative estimate of drug-likeness (QED) is 0.510. The van der Waals surface area contributed by atoms with Crippen LogP contribution in [0.5, 0.6) is 5.75 Å². The summed E-state index contributed by atoms with van der Waals surface area (Å²) in [5.41, 5.74) is 1.14. The van der Waals surface area contributed by atoms with E-state index in [-0.39, 0.29) is 0 Å². The van der Waals surface area contributed by atoms with Gasteiger partial charge in [-0.05, 0) is 42.3 Å². The Morgan fingerprint density at radius 1 is 1.00 bits per heavy atom. The van der Waals surface area contributed by atoms with Crippen molar-refractivity contribution < 1.29 is 37.7 Å². The second-order valence-corrected chi connectivity index (χ2v) is 5.59. The van der Waals surface area contributed by atoms with Crippen molar-refractivity contribution in [2.45, 2.75) is 19.1 Å². The second-order valence-electron chi connectivity index (χ2n) is 5.59. The van der Waals surface area contributed by atoms with Gasteiger partial charge >= 0.3 is 18.1 Å². The summed E-state index contributed by atoms with van der Waals surface area (Å²) in [6.45, 7) is 1.09. The van der Waals surface area contributed by atoms with Gasteiger partial charge in [0.15, 0.2) is 0 Å². The van der Waals surface area contributed by atoms with E-state index in [9.17, 15) is 13.2 Å². The number of ether oxygens (including phenoxy) is 1. The molecule has 0 saturated carbocycles. The highest BCUT2D eigenvalue weighted by atomic mass is 19.4. The summed E-state index contributed by atoms with van der Waals surface area (Å²) in [5.74, 6) is -2.85. The fraction of sp³-hybridized carbons (Fsp3) is 0.263. The van der Waals surface area contributed by atoms with Crippen LogP contribution in [0, 0.1) is 0 Å². The number of methoxy groups -OCH3 is 1. The molecule has 3 N–H and O–H groups in total. The molecule has 0 spiro atoms. The number of benzene rings is 2. The van der Waals surface area contributed by atoms with Crippen LogP contribution in [0.4, 0.5) is 13.2 Å². The topological polar surface area (TPSA) is 95.9 Å². The molecule has 0 aliphatic carbocycles. The molecule has 0 saturated heterocycles. The van der Waals surface area contributed by atoms with E-state index in [1.165, 1.54) is 12.1 Å². The summed E-state index contributed by atoms with van der Waals surface area (Å²) in [4.78, 5) is 18.2. The molecule has 2 aromatic rings. The van der Waals surface area contributed by atoms with Gasteiger partial charge in [0.25, 0.3) is 0 Å². The van der Waals surface area contributed by atoms with Crippen molar-refractivity contribution >= 4 is 11.9 Å². The predicted molar refractivity (Wildman–Crippen MR) is 95.1 cm³/mol. The molecule has 0 bridgehead atoms. The highest BCUT2D eigenvalue weighted by Crippen LogP contribution is 2.29. The minimum Gasteiger partial charge on any atom is -0.497 e.